The van der Waals surface area contributed by atoms with Crippen molar-refractivity contribution in [2.75, 3.05) is 13.6 Å². The minimum absolute atomic E-state index is 0.275. The van der Waals surface area contributed by atoms with Crippen LogP contribution in [0.25, 0.3) is 11.0 Å². The molecule has 0 unspecified atom stereocenters. The Labute approximate surface area is 112 Å². The number of hydrogen-bond acceptors (Lipinski definition) is 3. The Hall–Kier alpha value is -1.88. The van der Waals surface area contributed by atoms with E-state index in [2.05, 4.69) is 35.3 Å². The molecule has 0 amide bonds. The Morgan fingerprint density at radius 3 is 2.84 bits per heavy atom. The van der Waals surface area contributed by atoms with Crippen LogP contribution in [0.1, 0.15) is 24.2 Å². The van der Waals surface area contributed by atoms with Crippen LogP contribution in [0.4, 0.5) is 0 Å². The average molecular weight is 261 g/mol. The van der Waals surface area contributed by atoms with Gasteiger partial charge < -0.3 is 14.6 Å². The Morgan fingerprint density at radius 1 is 1.47 bits per heavy atom. The molecule has 19 heavy (non-hydrogen) atoms. The molecule has 0 saturated carbocycles. The second-order valence-electron chi connectivity index (χ2n) is 5.02. The SMILES string of the molecule is CC(C)N(C)CCn1cnc2cc(C(=O)O)ccc21. The highest BCUT2D eigenvalue weighted by Gasteiger charge is 2.09. The van der Waals surface area contributed by atoms with E-state index in [1.807, 2.05) is 6.07 Å². The van der Waals surface area contributed by atoms with E-state index >= 15 is 0 Å². The molecular weight excluding hydrogens is 242 g/mol. The maximum Gasteiger partial charge on any atom is 0.335 e. The molecule has 1 N–H and O–H groups in total. The summed E-state index contributed by atoms with van der Waals surface area (Å²) in [4.78, 5) is 17.4. The number of aromatic nitrogens is 2. The molecule has 2 rings (SSSR count). The van der Waals surface area contributed by atoms with E-state index in [4.69, 9.17) is 5.11 Å². The second-order valence-corrected chi connectivity index (χ2v) is 5.02. The van der Waals surface area contributed by atoms with Crippen molar-refractivity contribution in [3.8, 4) is 0 Å². The van der Waals surface area contributed by atoms with Crippen molar-refractivity contribution < 1.29 is 9.90 Å². The molecule has 5 nitrogen and oxygen atoms in total. The molecule has 5 heteroatoms. The molecule has 0 radical (unpaired) electrons. The topological polar surface area (TPSA) is 58.4 Å². The third-order valence-corrected chi connectivity index (χ3v) is 3.44. The van der Waals surface area contributed by atoms with Crippen LogP contribution in [0.3, 0.4) is 0 Å². The molecule has 0 aliphatic rings. The highest BCUT2D eigenvalue weighted by atomic mass is 16.4. The molecule has 2 aromatic rings. The molecule has 0 spiro atoms. The number of carboxylic acid groups (broad SMARTS) is 1. The van der Waals surface area contributed by atoms with E-state index in [-0.39, 0.29) is 5.56 Å². The quantitative estimate of drug-likeness (QED) is 0.895. The largest absolute Gasteiger partial charge is 0.478 e. The lowest BCUT2D eigenvalue weighted by atomic mass is 10.2. The first-order valence-corrected chi connectivity index (χ1v) is 6.37. The molecule has 102 valence electrons. The molecule has 0 aliphatic heterocycles. The number of carboxylic acids is 1. The van der Waals surface area contributed by atoms with Crippen molar-refractivity contribution in [2.24, 2.45) is 0 Å². The third kappa shape index (κ3) is 2.93. The molecule has 0 bridgehead atoms. The van der Waals surface area contributed by atoms with Crippen molar-refractivity contribution in [3.05, 3.63) is 30.1 Å². The van der Waals surface area contributed by atoms with Crippen LogP contribution in [0.2, 0.25) is 0 Å². The number of rotatable bonds is 5. The number of aromatic carboxylic acids is 1. The molecule has 0 atom stereocenters. The van der Waals surface area contributed by atoms with E-state index in [1.165, 1.54) is 0 Å². The number of nitrogens with zero attached hydrogens (tertiary/aromatic N) is 3. The summed E-state index contributed by atoms with van der Waals surface area (Å²) >= 11 is 0. The van der Waals surface area contributed by atoms with Gasteiger partial charge in [0.05, 0.1) is 22.9 Å². The van der Waals surface area contributed by atoms with Crippen LogP contribution in [-0.2, 0) is 6.54 Å². The van der Waals surface area contributed by atoms with Crippen molar-refractivity contribution in [1.82, 2.24) is 14.5 Å². The zero-order chi connectivity index (χ0) is 14.0. The number of imidazole rings is 1. The minimum atomic E-state index is -0.920. The van der Waals surface area contributed by atoms with Gasteiger partial charge in [0.1, 0.15) is 0 Å². The van der Waals surface area contributed by atoms with E-state index in [1.54, 1.807) is 18.5 Å². The normalized spacial score (nSPS) is 11.6. The van der Waals surface area contributed by atoms with Gasteiger partial charge in [-0.2, -0.15) is 0 Å². The van der Waals surface area contributed by atoms with E-state index < -0.39 is 5.97 Å². The zero-order valence-electron chi connectivity index (χ0n) is 11.5. The summed E-state index contributed by atoms with van der Waals surface area (Å²) in [6.45, 7) is 6.09. The molecular formula is C14H19N3O2. The highest BCUT2D eigenvalue weighted by molar-refractivity contribution is 5.92. The fraction of sp³-hybridized carbons (Fsp3) is 0.429. The standard InChI is InChI=1S/C14H19N3O2/c1-10(2)16(3)6-7-17-9-15-12-8-11(14(18)19)4-5-13(12)17/h4-5,8-10H,6-7H2,1-3H3,(H,18,19). The first-order valence-electron chi connectivity index (χ1n) is 6.37. The lowest BCUT2D eigenvalue weighted by molar-refractivity contribution is 0.0697. The average Bonchev–Trinajstić information content (AvgIpc) is 2.77. The predicted octanol–water partition coefficient (Wildman–Crippen LogP) is 2.07. The number of hydrogen-bond donors (Lipinski definition) is 1. The molecule has 0 fully saturated rings. The summed E-state index contributed by atoms with van der Waals surface area (Å²) in [5, 5.41) is 8.95. The number of benzene rings is 1. The van der Waals surface area contributed by atoms with Crippen LogP contribution in [0, 0.1) is 0 Å². The summed E-state index contributed by atoms with van der Waals surface area (Å²) in [6, 6.07) is 5.56. The third-order valence-electron chi connectivity index (χ3n) is 3.44. The van der Waals surface area contributed by atoms with Crippen molar-refractivity contribution in [1.29, 1.82) is 0 Å². The van der Waals surface area contributed by atoms with E-state index in [0.717, 1.165) is 24.1 Å². The van der Waals surface area contributed by atoms with Crippen molar-refractivity contribution in [2.45, 2.75) is 26.4 Å². The van der Waals surface area contributed by atoms with Gasteiger partial charge in [0.15, 0.2) is 0 Å². The molecule has 1 heterocycles. The van der Waals surface area contributed by atoms with Crippen LogP contribution >= 0.6 is 0 Å². The van der Waals surface area contributed by atoms with Crippen LogP contribution in [0.5, 0.6) is 0 Å². The maximum atomic E-state index is 10.9. The molecule has 1 aromatic heterocycles. The predicted molar refractivity (Wildman–Crippen MR) is 74.5 cm³/mol. The highest BCUT2D eigenvalue weighted by Crippen LogP contribution is 2.15. The summed E-state index contributed by atoms with van der Waals surface area (Å²) in [5.74, 6) is -0.920. The molecule has 1 aromatic carbocycles. The van der Waals surface area contributed by atoms with Crippen molar-refractivity contribution >= 4 is 17.0 Å². The Balaban J connectivity index is 2.19. The second kappa shape index (κ2) is 5.40. The van der Waals surface area contributed by atoms with Gasteiger partial charge in [0.25, 0.3) is 0 Å². The number of fused-ring (bicyclic) bond motifs is 1. The van der Waals surface area contributed by atoms with E-state index in [0.29, 0.717) is 6.04 Å². The number of carbonyl (C=O) groups is 1. The van der Waals surface area contributed by atoms with Gasteiger partial charge in [-0.15, -0.1) is 0 Å². The summed E-state index contributed by atoms with van der Waals surface area (Å²) in [7, 11) is 2.09. The monoisotopic (exact) mass is 261 g/mol. The molecule has 0 aliphatic carbocycles. The van der Waals surface area contributed by atoms with Gasteiger partial charge >= 0.3 is 5.97 Å². The first-order chi connectivity index (χ1) is 8.99. The lowest BCUT2D eigenvalue weighted by Crippen LogP contribution is -2.29. The van der Waals surface area contributed by atoms with Gasteiger partial charge in [0.2, 0.25) is 0 Å². The van der Waals surface area contributed by atoms with Crippen molar-refractivity contribution in [3.63, 3.8) is 0 Å². The van der Waals surface area contributed by atoms with Gasteiger partial charge in [0, 0.05) is 19.1 Å². The summed E-state index contributed by atoms with van der Waals surface area (Å²) in [5.41, 5.74) is 1.98. The fourth-order valence-electron chi connectivity index (χ4n) is 1.90. The van der Waals surface area contributed by atoms with Gasteiger partial charge in [-0.3, -0.25) is 0 Å². The van der Waals surface area contributed by atoms with Crippen LogP contribution < -0.4 is 0 Å². The zero-order valence-corrected chi connectivity index (χ0v) is 11.5. The molecule has 0 saturated heterocycles. The minimum Gasteiger partial charge on any atom is -0.478 e. The maximum absolute atomic E-state index is 10.9. The van der Waals surface area contributed by atoms with Gasteiger partial charge in [-0.1, -0.05) is 0 Å². The number of likely N-dealkylation sites (N-methyl/N-ethyl adjacent to an activating group) is 1. The lowest BCUT2D eigenvalue weighted by Gasteiger charge is -2.21. The summed E-state index contributed by atoms with van der Waals surface area (Å²) in [6.07, 6.45) is 1.77. The van der Waals surface area contributed by atoms with Crippen LogP contribution in [-0.4, -0.2) is 45.2 Å². The van der Waals surface area contributed by atoms with Gasteiger partial charge in [-0.25, -0.2) is 9.78 Å². The first kappa shape index (κ1) is 13.5. The summed E-state index contributed by atoms with van der Waals surface area (Å²) < 4.78 is 2.06. The Morgan fingerprint density at radius 2 is 2.21 bits per heavy atom. The fourth-order valence-corrected chi connectivity index (χ4v) is 1.90. The van der Waals surface area contributed by atoms with Gasteiger partial charge in [-0.05, 0) is 39.1 Å². The van der Waals surface area contributed by atoms with Crippen LogP contribution in [0.15, 0.2) is 24.5 Å². The Bertz CT molecular complexity index is 589. The Kier molecular flexibility index (Phi) is 3.85. The smallest absolute Gasteiger partial charge is 0.335 e. The van der Waals surface area contributed by atoms with E-state index in [9.17, 15) is 4.79 Å².